The van der Waals surface area contributed by atoms with E-state index in [0.29, 0.717) is 28.7 Å². The molecule has 2 aliphatic rings. The van der Waals surface area contributed by atoms with E-state index in [2.05, 4.69) is 30.5 Å². The van der Waals surface area contributed by atoms with Crippen LogP contribution >= 0.6 is 11.6 Å². The van der Waals surface area contributed by atoms with E-state index < -0.39 is 0 Å². The molecule has 9 nitrogen and oxygen atoms in total. The van der Waals surface area contributed by atoms with Gasteiger partial charge < -0.3 is 14.8 Å². The third-order valence-electron chi connectivity index (χ3n) is 7.32. The van der Waals surface area contributed by atoms with Gasteiger partial charge in [-0.3, -0.25) is 4.90 Å². The van der Waals surface area contributed by atoms with Gasteiger partial charge in [-0.15, -0.1) is 5.10 Å². The molecule has 0 saturated carbocycles. The number of fused-ring (bicyclic) bond motifs is 1. The van der Waals surface area contributed by atoms with Gasteiger partial charge in [0, 0.05) is 29.7 Å². The van der Waals surface area contributed by atoms with Crippen molar-refractivity contribution in [1.82, 2.24) is 29.9 Å². The maximum atomic E-state index is 13.5. The van der Waals surface area contributed by atoms with Crippen LogP contribution in [0.3, 0.4) is 0 Å². The minimum absolute atomic E-state index is 0.211. The molecule has 0 bridgehead atoms. The van der Waals surface area contributed by atoms with Crippen molar-refractivity contribution in [3.63, 3.8) is 0 Å². The van der Waals surface area contributed by atoms with E-state index in [-0.39, 0.29) is 12.4 Å². The molecule has 2 aromatic heterocycles. The number of rotatable bonds is 8. The maximum absolute atomic E-state index is 13.5. The normalized spacial score (nSPS) is 16.1. The molecule has 7 rings (SSSR count). The van der Waals surface area contributed by atoms with Gasteiger partial charge in [0.1, 0.15) is 36.0 Å². The van der Waals surface area contributed by atoms with E-state index >= 15 is 0 Å². The van der Waals surface area contributed by atoms with E-state index in [4.69, 9.17) is 21.1 Å². The van der Waals surface area contributed by atoms with Gasteiger partial charge in [0.05, 0.1) is 42.0 Å². The highest BCUT2D eigenvalue weighted by Crippen LogP contribution is 2.33. The van der Waals surface area contributed by atoms with Gasteiger partial charge in [-0.05, 0) is 48.0 Å². The van der Waals surface area contributed by atoms with E-state index in [1.54, 1.807) is 24.3 Å². The molecule has 2 fully saturated rings. The molecule has 3 aromatic carbocycles. The highest BCUT2D eigenvalue weighted by molar-refractivity contribution is 6.32. The van der Waals surface area contributed by atoms with Crippen molar-refractivity contribution in [1.29, 1.82) is 0 Å². The van der Waals surface area contributed by atoms with Crippen molar-refractivity contribution in [2.24, 2.45) is 0 Å². The fourth-order valence-electron chi connectivity index (χ4n) is 4.91. The third kappa shape index (κ3) is 4.97. The van der Waals surface area contributed by atoms with Crippen LogP contribution in [0.1, 0.15) is 11.6 Å². The molecule has 0 radical (unpaired) electrons. The van der Waals surface area contributed by atoms with Crippen LogP contribution in [0.25, 0.3) is 22.2 Å². The molecule has 4 heterocycles. The standard InChI is InChI=1S/C29H25ClFN7O2/c30-25-10-21(5-7-28(25)40-14-18-2-1-3-20(31)8-18)34-29-24-9-19(4-6-26(24)32-17-33-29)27-13-38(36-35-27)22-11-37(12-22)23-15-39-16-23/h1-10,13,17,22-23H,11-12,14-16H2,(H,32,33,34). The van der Waals surface area contributed by atoms with Crippen molar-refractivity contribution >= 4 is 34.0 Å². The number of hydrogen-bond acceptors (Lipinski definition) is 8. The first-order chi connectivity index (χ1) is 19.6. The van der Waals surface area contributed by atoms with Crippen molar-refractivity contribution in [3.8, 4) is 17.0 Å². The predicted octanol–water partition coefficient (Wildman–Crippen LogP) is 5.26. The highest BCUT2D eigenvalue weighted by atomic mass is 35.5. The Balaban J connectivity index is 1.07. The summed E-state index contributed by atoms with van der Waals surface area (Å²) in [6, 6.07) is 18.5. The number of benzene rings is 3. The minimum atomic E-state index is -0.304. The van der Waals surface area contributed by atoms with Crippen LogP contribution in [0, 0.1) is 5.82 Å². The first-order valence-corrected chi connectivity index (χ1v) is 13.4. The Morgan fingerprint density at radius 3 is 2.73 bits per heavy atom. The highest BCUT2D eigenvalue weighted by Gasteiger charge is 2.37. The monoisotopic (exact) mass is 557 g/mol. The summed E-state index contributed by atoms with van der Waals surface area (Å²) in [6.07, 6.45) is 3.52. The summed E-state index contributed by atoms with van der Waals surface area (Å²) in [6.45, 7) is 3.79. The van der Waals surface area contributed by atoms with Crippen molar-refractivity contribution in [2.75, 3.05) is 31.6 Å². The Labute approximate surface area is 234 Å². The Morgan fingerprint density at radius 2 is 1.93 bits per heavy atom. The lowest BCUT2D eigenvalue weighted by atomic mass is 10.0. The van der Waals surface area contributed by atoms with Crippen LogP contribution in [0.5, 0.6) is 5.75 Å². The van der Waals surface area contributed by atoms with Gasteiger partial charge in [0.15, 0.2) is 0 Å². The average Bonchev–Trinajstić information content (AvgIpc) is 3.38. The molecule has 0 aliphatic carbocycles. The summed E-state index contributed by atoms with van der Waals surface area (Å²) >= 11 is 6.50. The zero-order valence-electron chi connectivity index (χ0n) is 21.4. The third-order valence-corrected chi connectivity index (χ3v) is 7.62. The topological polar surface area (TPSA) is 90.2 Å². The lowest BCUT2D eigenvalue weighted by Gasteiger charge is -2.47. The largest absolute Gasteiger partial charge is 0.487 e. The molecule has 0 atom stereocenters. The average molecular weight is 558 g/mol. The van der Waals surface area contributed by atoms with Gasteiger partial charge in [-0.25, -0.2) is 19.0 Å². The zero-order valence-corrected chi connectivity index (χ0v) is 22.1. The molecule has 2 aliphatic heterocycles. The molecule has 40 heavy (non-hydrogen) atoms. The minimum Gasteiger partial charge on any atom is -0.487 e. The number of nitrogens with zero attached hydrogens (tertiary/aromatic N) is 6. The molecule has 5 aromatic rings. The number of halogens is 2. The quantitative estimate of drug-likeness (QED) is 0.276. The van der Waals surface area contributed by atoms with Crippen molar-refractivity contribution < 1.29 is 13.9 Å². The first kappa shape index (κ1) is 24.9. The number of anilines is 2. The molecule has 11 heteroatoms. The number of ether oxygens (including phenoxy) is 2. The van der Waals surface area contributed by atoms with E-state index in [1.165, 1.54) is 18.5 Å². The zero-order chi connectivity index (χ0) is 27.1. The van der Waals surface area contributed by atoms with Crippen molar-refractivity contribution in [3.05, 3.63) is 89.6 Å². The second kappa shape index (κ2) is 10.5. The lowest BCUT2D eigenvalue weighted by Crippen LogP contribution is -2.59. The van der Waals surface area contributed by atoms with Gasteiger partial charge in [0.2, 0.25) is 0 Å². The van der Waals surface area contributed by atoms with Gasteiger partial charge in [-0.1, -0.05) is 35.0 Å². The Morgan fingerprint density at radius 1 is 1.02 bits per heavy atom. The van der Waals surface area contributed by atoms with Gasteiger partial charge in [-0.2, -0.15) is 0 Å². The number of likely N-dealkylation sites (tertiary alicyclic amines) is 1. The van der Waals surface area contributed by atoms with Crippen molar-refractivity contribution in [2.45, 2.75) is 18.7 Å². The molecule has 0 spiro atoms. The Hall–Kier alpha value is -4.12. The second-order valence-electron chi connectivity index (χ2n) is 10.0. The summed E-state index contributed by atoms with van der Waals surface area (Å²) in [7, 11) is 0. The summed E-state index contributed by atoms with van der Waals surface area (Å²) in [4.78, 5) is 11.3. The van der Waals surface area contributed by atoms with Crippen LogP contribution in [0.15, 0.2) is 73.2 Å². The summed E-state index contributed by atoms with van der Waals surface area (Å²) in [5.41, 5.74) is 3.99. The summed E-state index contributed by atoms with van der Waals surface area (Å²) in [5, 5.41) is 13.4. The molecule has 202 valence electrons. The Kier molecular flexibility index (Phi) is 6.51. The van der Waals surface area contributed by atoms with E-state index in [1.807, 2.05) is 35.1 Å². The second-order valence-corrected chi connectivity index (χ2v) is 10.4. The van der Waals surface area contributed by atoms with Crippen LogP contribution in [-0.2, 0) is 11.3 Å². The number of aromatic nitrogens is 5. The van der Waals surface area contributed by atoms with Crippen LogP contribution in [0.4, 0.5) is 15.9 Å². The maximum Gasteiger partial charge on any atom is 0.141 e. The van der Waals surface area contributed by atoms with Crippen LogP contribution in [0.2, 0.25) is 5.02 Å². The fourth-order valence-corrected chi connectivity index (χ4v) is 5.15. The van der Waals surface area contributed by atoms with Crippen LogP contribution in [-0.4, -0.2) is 62.2 Å². The van der Waals surface area contributed by atoms with E-state index in [0.717, 1.165) is 59.7 Å². The van der Waals surface area contributed by atoms with Crippen LogP contribution < -0.4 is 10.1 Å². The lowest BCUT2D eigenvalue weighted by molar-refractivity contribution is -0.0999. The SMILES string of the molecule is Fc1cccc(COc2ccc(Nc3ncnc4ccc(-c5cn(C6CN(C7COC7)C6)nn5)cc34)cc2Cl)c1. The van der Waals surface area contributed by atoms with Gasteiger partial charge >= 0.3 is 0 Å². The molecule has 0 unspecified atom stereocenters. The predicted molar refractivity (Wildman–Crippen MR) is 149 cm³/mol. The number of nitrogens with one attached hydrogen (secondary N) is 1. The van der Waals surface area contributed by atoms with Gasteiger partial charge in [0.25, 0.3) is 0 Å². The Bertz CT molecular complexity index is 1690. The van der Waals surface area contributed by atoms with E-state index in [9.17, 15) is 4.39 Å². The molecular formula is C29H25ClFN7O2. The smallest absolute Gasteiger partial charge is 0.141 e. The molecule has 0 amide bonds. The summed E-state index contributed by atoms with van der Waals surface area (Å²) < 4.78 is 26.5. The molecule has 1 N–H and O–H groups in total. The molecule has 2 saturated heterocycles. The first-order valence-electron chi connectivity index (χ1n) is 13.0. The summed E-state index contributed by atoms with van der Waals surface area (Å²) in [5.74, 6) is 0.840. The molecular weight excluding hydrogens is 533 g/mol. The fraction of sp³-hybridized carbons (Fsp3) is 0.241. The number of hydrogen-bond donors (Lipinski definition) is 1.